The van der Waals surface area contributed by atoms with Gasteiger partial charge < -0.3 is 4.74 Å². The molecule has 2 unspecified atom stereocenters. The molecule has 2 N–H and O–H groups in total. The molecule has 0 heterocycles. The fourth-order valence-electron chi connectivity index (χ4n) is 1.79. The average molecular weight is 207 g/mol. The minimum absolute atomic E-state index is 0.0853. The lowest BCUT2D eigenvalue weighted by Gasteiger charge is -2.27. The molecule has 0 amide bonds. The van der Waals surface area contributed by atoms with E-state index in [0.29, 0.717) is 19.4 Å². The van der Waals surface area contributed by atoms with Gasteiger partial charge in [-0.15, -0.1) is 0 Å². The Morgan fingerprint density at radius 1 is 1.46 bits per heavy atom. The predicted molar refractivity (Wildman–Crippen MR) is 50.8 cm³/mol. The van der Waals surface area contributed by atoms with Crippen LogP contribution in [0.3, 0.4) is 0 Å². The van der Waals surface area contributed by atoms with Crippen LogP contribution in [-0.4, -0.2) is 26.4 Å². The van der Waals surface area contributed by atoms with Gasteiger partial charge in [-0.25, -0.2) is 13.6 Å². The van der Waals surface area contributed by atoms with Gasteiger partial charge in [0.1, 0.15) is 0 Å². The molecule has 13 heavy (non-hydrogen) atoms. The third kappa shape index (κ3) is 3.25. The van der Waals surface area contributed by atoms with Gasteiger partial charge in [0.05, 0.1) is 11.4 Å². The van der Waals surface area contributed by atoms with E-state index in [4.69, 9.17) is 9.88 Å². The normalized spacial score (nSPS) is 30.3. The molecule has 0 aromatic rings. The maximum atomic E-state index is 11.1. The fourth-order valence-corrected chi connectivity index (χ4v) is 2.77. The van der Waals surface area contributed by atoms with E-state index in [1.807, 2.05) is 6.92 Å². The highest BCUT2D eigenvalue weighted by Crippen LogP contribution is 2.24. The third-order valence-electron chi connectivity index (χ3n) is 2.44. The van der Waals surface area contributed by atoms with Crippen LogP contribution in [0, 0.1) is 0 Å². The number of nitrogens with two attached hydrogens (primary N) is 1. The SMILES string of the molecule is CCOC1CCCC(S(N)(=O)=O)C1. The maximum Gasteiger partial charge on any atom is 0.212 e. The predicted octanol–water partition coefficient (Wildman–Crippen LogP) is 0.623. The zero-order valence-corrected chi connectivity index (χ0v) is 8.72. The van der Waals surface area contributed by atoms with Crippen molar-refractivity contribution in [3.8, 4) is 0 Å². The Kier molecular flexibility index (Phi) is 3.70. The summed E-state index contributed by atoms with van der Waals surface area (Å²) in [7, 11) is -3.36. The average Bonchev–Trinajstić information content (AvgIpc) is 2.04. The Morgan fingerprint density at radius 2 is 2.15 bits per heavy atom. The first-order valence-corrected chi connectivity index (χ1v) is 6.28. The van der Waals surface area contributed by atoms with Crippen LogP contribution < -0.4 is 5.14 Å². The highest BCUT2D eigenvalue weighted by Gasteiger charge is 2.29. The summed E-state index contributed by atoms with van der Waals surface area (Å²) >= 11 is 0. The van der Waals surface area contributed by atoms with Gasteiger partial charge in [0.2, 0.25) is 10.0 Å². The number of primary sulfonamides is 1. The molecule has 1 rings (SSSR count). The first kappa shape index (κ1) is 10.9. The lowest BCUT2D eigenvalue weighted by molar-refractivity contribution is 0.0377. The first-order valence-electron chi connectivity index (χ1n) is 4.67. The van der Waals surface area contributed by atoms with E-state index in [0.717, 1.165) is 12.8 Å². The number of rotatable bonds is 3. The minimum atomic E-state index is -3.36. The smallest absolute Gasteiger partial charge is 0.212 e. The Morgan fingerprint density at radius 3 is 2.69 bits per heavy atom. The van der Waals surface area contributed by atoms with Crippen molar-refractivity contribution in [3.63, 3.8) is 0 Å². The molecule has 1 aliphatic rings. The zero-order chi connectivity index (χ0) is 9.90. The van der Waals surface area contributed by atoms with Crippen LogP contribution in [-0.2, 0) is 14.8 Å². The highest BCUT2D eigenvalue weighted by molar-refractivity contribution is 7.89. The van der Waals surface area contributed by atoms with Gasteiger partial charge in [-0.1, -0.05) is 0 Å². The van der Waals surface area contributed by atoms with Gasteiger partial charge in [-0.3, -0.25) is 0 Å². The van der Waals surface area contributed by atoms with Gasteiger partial charge in [-0.05, 0) is 32.6 Å². The Balaban J connectivity index is 2.52. The van der Waals surface area contributed by atoms with E-state index in [2.05, 4.69) is 0 Å². The molecule has 78 valence electrons. The molecule has 0 aromatic heterocycles. The van der Waals surface area contributed by atoms with E-state index >= 15 is 0 Å². The fraction of sp³-hybridized carbons (Fsp3) is 1.00. The van der Waals surface area contributed by atoms with E-state index in [-0.39, 0.29) is 6.10 Å². The summed E-state index contributed by atoms with van der Waals surface area (Å²) in [5.41, 5.74) is 0. The Bertz CT molecular complexity index is 248. The second-order valence-electron chi connectivity index (χ2n) is 3.45. The first-order chi connectivity index (χ1) is 6.04. The molecule has 0 aromatic carbocycles. The molecular formula is C8H17NO3S. The number of ether oxygens (including phenoxy) is 1. The van der Waals surface area contributed by atoms with Crippen LogP contribution in [0.1, 0.15) is 32.6 Å². The van der Waals surface area contributed by atoms with Crippen LogP contribution in [0.2, 0.25) is 0 Å². The Hall–Kier alpha value is -0.130. The molecule has 2 atom stereocenters. The molecule has 1 saturated carbocycles. The summed E-state index contributed by atoms with van der Waals surface area (Å²) in [6.07, 6.45) is 3.18. The van der Waals surface area contributed by atoms with Gasteiger partial charge in [0, 0.05) is 6.61 Å². The number of sulfonamides is 1. The number of hydrogen-bond donors (Lipinski definition) is 1. The molecule has 1 aliphatic carbocycles. The third-order valence-corrected chi connectivity index (χ3v) is 3.80. The monoisotopic (exact) mass is 207 g/mol. The van der Waals surface area contributed by atoms with Gasteiger partial charge in [0.15, 0.2) is 0 Å². The summed E-state index contributed by atoms with van der Waals surface area (Å²) in [4.78, 5) is 0. The van der Waals surface area contributed by atoms with Gasteiger partial charge in [-0.2, -0.15) is 0 Å². The molecular weight excluding hydrogens is 190 g/mol. The van der Waals surface area contributed by atoms with Crippen molar-refractivity contribution in [2.75, 3.05) is 6.61 Å². The number of hydrogen-bond acceptors (Lipinski definition) is 3. The molecule has 4 nitrogen and oxygen atoms in total. The van der Waals surface area contributed by atoms with Crippen molar-refractivity contribution in [2.24, 2.45) is 5.14 Å². The molecule has 1 fully saturated rings. The zero-order valence-electron chi connectivity index (χ0n) is 7.90. The molecule has 0 radical (unpaired) electrons. The minimum Gasteiger partial charge on any atom is -0.378 e. The lowest BCUT2D eigenvalue weighted by Crippen LogP contribution is -2.36. The molecule has 0 spiro atoms. The van der Waals surface area contributed by atoms with Crippen LogP contribution in [0.5, 0.6) is 0 Å². The van der Waals surface area contributed by atoms with Crippen LogP contribution >= 0.6 is 0 Å². The Labute approximate surface area is 79.5 Å². The highest BCUT2D eigenvalue weighted by atomic mass is 32.2. The quantitative estimate of drug-likeness (QED) is 0.737. The summed E-state index contributed by atoms with van der Waals surface area (Å²) < 4.78 is 27.5. The van der Waals surface area contributed by atoms with E-state index in [9.17, 15) is 8.42 Å². The second kappa shape index (κ2) is 4.39. The lowest BCUT2D eigenvalue weighted by atomic mass is 9.97. The molecule has 0 saturated heterocycles. The van der Waals surface area contributed by atoms with Crippen molar-refractivity contribution in [1.82, 2.24) is 0 Å². The molecule has 5 heteroatoms. The summed E-state index contributed by atoms with van der Waals surface area (Å²) in [6, 6.07) is 0. The summed E-state index contributed by atoms with van der Waals surface area (Å²) in [6.45, 7) is 2.56. The summed E-state index contributed by atoms with van der Waals surface area (Å²) in [5, 5.41) is 4.69. The van der Waals surface area contributed by atoms with Crippen molar-refractivity contribution >= 4 is 10.0 Å². The second-order valence-corrected chi connectivity index (χ2v) is 5.30. The van der Waals surface area contributed by atoms with Crippen molar-refractivity contribution in [1.29, 1.82) is 0 Å². The standard InChI is InChI=1S/C8H17NO3S/c1-2-12-7-4-3-5-8(6-7)13(9,10)11/h7-8H,2-6H2,1H3,(H2,9,10,11). The molecule has 0 aliphatic heterocycles. The van der Waals surface area contributed by atoms with Crippen LogP contribution in [0.25, 0.3) is 0 Å². The van der Waals surface area contributed by atoms with Crippen molar-refractivity contribution < 1.29 is 13.2 Å². The topological polar surface area (TPSA) is 69.4 Å². The van der Waals surface area contributed by atoms with Gasteiger partial charge >= 0.3 is 0 Å². The van der Waals surface area contributed by atoms with Crippen LogP contribution in [0.4, 0.5) is 0 Å². The summed E-state index contributed by atoms with van der Waals surface area (Å²) in [5.74, 6) is 0. The van der Waals surface area contributed by atoms with E-state index in [1.165, 1.54) is 0 Å². The largest absolute Gasteiger partial charge is 0.378 e. The maximum absolute atomic E-state index is 11.1. The van der Waals surface area contributed by atoms with Crippen LogP contribution in [0.15, 0.2) is 0 Å². The van der Waals surface area contributed by atoms with Gasteiger partial charge in [0.25, 0.3) is 0 Å². The van der Waals surface area contributed by atoms with E-state index < -0.39 is 15.3 Å². The van der Waals surface area contributed by atoms with E-state index in [1.54, 1.807) is 0 Å². The van der Waals surface area contributed by atoms with Crippen molar-refractivity contribution in [2.45, 2.75) is 44.0 Å². The molecule has 0 bridgehead atoms. The van der Waals surface area contributed by atoms with Crippen molar-refractivity contribution in [3.05, 3.63) is 0 Å².